The number of benzene rings is 1. The molecule has 0 unspecified atom stereocenters. The Morgan fingerprint density at radius 2 is 1.95 bits per heavy atom. The zero-order valence-corrected chi connectivity index (χ0v) is 11.0. The molecule has 0 aliphatic heterocycles. The van der Waals surface area contributed by atoms with E-state index in [4.69, 9.17) is 11.6 Å². The Morgan fingerprint density at radius 1 is 1.32 bits per heavy atom. The van der Waals surface area contributed by atoms with Gasteiger partial charge < -0.3 is 0 Å². The van der Waals surface area contributed by atoms with Crippen LogP contribution in [0, 0.1) is 11.7 Å². The second-order valence-corrected chi connectivity index (χ2v) is 5.39. The van der Waals surface area contributed by atoms with Crippen LogP contribution in [0.5, 0.6) is 0 Å². The summed E-state index contributed by atoms with van der Waals surface area (Å²) in [6, 6.07) is 4.48. The Bertz CT molecular complexity index is 478. The van der Waals surface area contributed by atoms with Crippen molar-refractivity contribution >= 4 is 17.4 Å². The Kier molecular flexibility index (Phi) is 4.19. The second kappa shape index (κ2) is 5.53. The number of Topliss-reactive ketones (excluding diaryl/α,β-unsaturated/α-hetero) is 1. The highest BCUT2D eigenvalue weighted by Gasteiger charge is 2.37. The van der Waals surface area contributed by atoms with Gasteiger partial charge in [-0.05, 0) is 24.5 Å². The van der Waals surface area contributed by atoms with Crippen LogP contribution in [0.15, 0.2) is 18.2 Å². The third-order valence-electron chi connectivity index (χ3n) is 3.57. The molecular weight excluding hydrogens is 277 g/mol. The largest absolute Gasteiger partial charge is 0.299 e. The summed E-state index contributed by atoms with van der Waals surface area (Å²) in [5.74, 6) is -3.83. The van der Waals surface area contributed by atoms with E-state index < -0.39 is 17.7 Å². The summed E-state index contributed by atoms with van der Waals surface area (Å²) in [4.78, 5) is 12.0. The molecule has 104 valence electrons. The lowest BCUT2D eigenvalue weighted by atomic mass is 9.82. The van der Waals surface area contributed by atoms with Crippen LogP contribution in [-0.2, 0) is 11.2 Å². The highest BCUT2D eigenvalue weighted by atomic mass is 35.5. The summed E-state index contributed by atoms with van der Waals surface area (Å²) in [5.41, 5.74) is 0.231. The molecule has 1 nitrogen and oxygen atoms in total. The van der Waals surface area contributed by atoms with Gasteiger partial charge in [0.05, 0.1) is 5.02 Å². The average molecular weight is 291 g/mol. The first-order chi connectivity index (χ1) is 8.89. The maximum Gasteiger partial charge on any atom is 0.248 e. The van der Waals surface area contributed by atoms with E-state index in [-0.39, 0.29) is 48.5 Å². The molecule has 0 atom stereocenters. The molecule has 1 fully saturated rings. The van der Waals surface area contributed by atoms with E-state index in [2.05, 4.69) is 0 Å². The number of ketones is 1. The third kappa shape index (κ3) is 3.50. The molecule has 0 bridgehead atoms. The quantitative estimate of drug-likeness (QED) is 0.805. The Hall–Kier alpha value is -1.03. The van der Waals surface area contributed by atoms with Crippen LogP contribution in [0.1, 0.15) is 31.2 Å². The number of alkyl halides is 2. The summed E-state index contributed by atoms with van der Waals surface area (Å²) >= 11 is 5.63. The summed E-state index contributed by atoms with van der Waals surface area (Å²) in [5, 5.41) is -0.0273. The van der Waals surface area contributed by atoms with Crippen molar-refractivity contribution in [1.82, 2.24) is 0 Å². The minimum atomic E-state index is -2.65. The number of carbonyl (C=O) groups is 1. The lowest BCUT2D eigenvalue weighted by Gasteiger charge is -2.27. The molecule has 2 rings (SSSR count). The topological polar surface area (TPSA) is 17.1 Å². The van der Waals surface area contributed by atoms with E-state index in [9.17, 15) is 18.0 Å². The fourth-order valence-electron chi connectivity index (χ4n) is 2.38. The number of carbonyl (C=O) groups excluding carboxylic acids is 1. The number of halogens is 4. The molecule has 1 saturated carbocycles. The smallest absolute Gasteiger partial charge is 0.248 e. The predicted octanol–water partition coefficient (Wildman–Crippen LogP) is 4.42. The molecule has 1 aliphatic rings. The third-order valence-corrected chi connectivity index (χ3v) is 3.86. The van der Waals surface area contributed by atoms with Crippen LogP contribution >= 0.6 is 11.6 Å². The first kappa shape index (κ1) is 14.4. The Balaban J connectivity index is 2.00. The first-order valence-corrected chi connectivity index (χ1v) is 6.60. The summed E-state index contributed by atoms with van der Waals surface area (Å²) < 4.78 is 39.6. The lowest BCUT2D eigenvalue weighted by Crippen LogP contribution is -2.29. The van der Waals surface area contributed by atoms with E-state index in [0.717, 1.165) is 0 Å². The van der Waals surface area contributed by atoms with Gasteiger partial charge in [-0.15, -0.1) is 0 Å². The molecule has 1 aromatic carbocycles. The minimum absolute atomic E-state index is 0.0273. The van der Waals surface area contributed by atoms with E-state index in [1.165, 1.54) is 12.1 Å². The number of rotatable bonds is 3. The molecule has 19 heavy (non-hydrogen) atoms. The van der Waals surface area contributed by atoms with Gasteiger partial charge in [0, 0.05) is 25.2 Å². The van der Waals surface area contributed by atoms with Crippen LogP contribution < -0.4 is 0 Å². The van der Waals surface area contributed by atoms with Crippen molar-refractivity contribution in [3.05, 3.63) is 34.6 Å². The van der Waals surface area contributed by atoms with Gasteiger partial charge in [-0.25, -0.2) is 13.2 Å². The maximum atomic E-state index is 13.6. The van der Waals surface area contributed by atoms with Gasteiger partial charge >= 0.3 is 0 Å². The lowest BCUT2D eigenvalue weighted by molar-refractivity contribution is -0.126. The van der Waals surface area contributed by atoms with Crippen LogP contribution in [-0.4, -0.2) is 11.7 Å². The van der Waals surface area contributed by atoms with Gasteiger partial charge in [0.1, 0.15) is 11.6 Å². The van der Waals surface area contributed by atoms with E-state index in [1.807, 2.05) is 0 Å². The predicted molar refractivity (Wildman–Crippen MR) is 67.0 cm³/mol. The standard InChI is InChI=1S/C14H14ClF3O/c15-11-3-1-2-10(13(11)16)8-12(19)9-4-6-14(17,18)7-5-9/h1-3,9H,4-8H2. The van der Waals surface area contributed by atoms with E-state index in [0.29, 0.717) is 0 Å². The fourth-order valence-corrected chi connectivity index (χ4v) is 2.57. The fraction of sp³-hybridized carbons (Fsp3) is 0.500. The monoisotopic (exact) mass is 290 g/mol. The van der Waals surface area contributed by atoms with Gasteiger partial charge in [0.25, 0.3) is 0 Å². The Labute approximate surface area is 114 Å². The van der Waals surface area contributed by atoms with Gasteiger partial charge in [0.2, 0.25) is 5.92 Å². The molecule has 5 heteroatoms. The molecule has 1 aromatic rings. The Morgan fingerprint density at radius 3 is 2.58 bits per heavy atom. The van der Waals surface area contributed by atoms with Crippen LogP contribution in [0.3, 0.4) is 0 Å². The number of hydrogen-bond acceptors (Lipinski definition) is 1. The highest BCUT2D eigenvalue weighted by molar-refractivity contribution is 6.30. The summed E-state index contributed by atoms with van der Waals surface area (Å²) in [7, 11) is 0. The molecule has 0 N–H and O–H groups in total. The summed E-state index contributed by atoms with van der Waals surface area (Å²) in [6.07, 6.45) is -0.256. The van der Waals surface area contributed by atoms with Crippen LogP contribution in [0.25, 0.3) is 0 Å². The van der Waals surface area contributed by atoms with Crippen LogP contribution in [0.2, 0.25) is 5.02 Å². The zero-order chi connectivity index (χ0) is 14.0. The molecule has 0 radical (unpaired) electrons. The molecule has 1 aliphatic carbocycles. The first-order valence-electron chi connectivity index (χ1n) is 6.22. The van der Waals surface area contributed by atoms with E-state index >= 15 is 0 Å². The molecule has 0 spiro atoms. The molecule has 0 amide bonds. The van der Waals surface area contributed by atoms with Crippen LogP contribution in [0.4, 0.5) is 13.2 Å². The van der Waals surface area contributed by atoms with Crippen molar-refractivity contribution in [2.45, 2.75) is 38.0 Å². The molecular formula is C14H14ClF3O. The molecule has 0 aromatic heterocycles. The highest BCUT2D eigenvalue weighted by Crippen LogP contribution is 2.37. The normalized spacial score (nSPS) is 19.4. The van der Waals surface area contributed by atoms with Crippen molar-refractivity contribution in [3.8, 4) is 0 Å². The van der Waals surface area contributed by atoms with Gasteiger partial charge in [0.15, 0.2) is 0 Å². The summed E-state index contributed by atoms with van der Waals surface area (Å²) in [6.45, 7) is 0. The molecule has 0 heterocycles. The number of hydrogen-bond donors (Lipinski definition) is 0. The van der Waals surface area contributed by atoms with Gasteiger partial charge in [-0.3, -0.25) is 4.79 Å². The van der Waals surface area contributed by atoms with Crippen molar-refractivity contribution in [1.29, 1.82) is 0 Å². The van der Waals surface area contributed by atoms with Crippen molar-refractivity contribution in [2.24, 2.45) is 5.92 Å². The van der Waals surface area contributed by atoms with Crippen molar-refractivity contribution in [2.75, 3.05) is 0 Å². The van der Waals surface area contributed by atoms with Crippen molar-refractivity contribution < 1.29 is 18.0 Å². The SMILES string of the molecule is O=C(Cc1cccc(Cl)c1F)C1CCC(F)(F)CC1. The van der Waals surface area contributed by atoms with Gasteiger partial charge in [-0.2, -0.15) is 0 Å². The zero-order valence-electron chi connectivity index (χ0n) is 10.3. The maximum absolute atomic E-state index is 13.6. The second-order valence-electron chi connectivity index (χ2n) is 4.99. The van der Waals surface area contributed by atoms with E-state index in [1.54, 1.807) is 6.07 Å². The average Bonchev–Trinajstić information content (AvgIpc) is 2.35. The van der Waals surface area contributed by atoms with Crippen molar-refractivity contribution in [3.63, 3.8) is 0 Å². The van der Waals surface area contributed by atoms with Gasteiger partial charge in [-0.1, -0.05) is 23.7 Å². The minimum Gasteiger partial charge on any atom is -0.299 e. The molecule has 0 saturated heterocycles.